The van der Waals surface area contributed by atoms with Crippen LogP contribution in [-0.2, 0) is 0 Å². The molecule has 0 radical (unpaired) electrons. The van der Waals surface area contributed by atoms with Crippen molar-refractivity contribution in [2.24, 2.45) is 0 Å². The van der Waals surface area contributed by atoms with Crippen LogP contribution in [0.3, 0.4) is 0 Å². The SMILES string of the molecule is CCOc1ccc(N2C(=S)NC(c3ccccn3)C2c2cc(C)n(-c3cccc(Cl)c3C)c2C)cc1. The number of thiocarbonyl (C=S) groups is 1. The molecule has 0 saturated carbocycles. The monoisotopic (exact) mass is 516 g/mol. The van der Waals surface area contributed by atoms with E-state index in [4.69, 9.17) is 28.6 Å². The Hall–Kier alpha value is -3.35. The van der Waals surface area contributed by atoms with Crippen LogP contribution in [0.1, 0.15) is 47.2 Å². The van der Waals surface area contributed by atoms with Crippen molar-refractivity contribution in [1.29, 1.82) is 0 Å². The van der Waals surface area contributed by atoms with Gasteiger partial charge in [-0.2, -0.15) is 0 Å². The summed E-state index contributed by atoms with van der Waals surface area (Å²) in [5.74, 6) is 0.840. The van der Waals surface area contributed by atoms with Gasteiger partial charge < -0.3 is 19.5 Å². The van der Waals surface area contributed by atoms with Crippen LogP contribution >= 0.6 is 23.8 Å². The maximum Gasteiger partial charge on any atom is 0.174 e. The lowest BCUT2D eigenvalue weighted by Crippen LogP contribution is -2.29. The number of halogens is 1. The average Bonchev–Trinajstić information content (AvgIpc) is 3.37. The zero-order chi connectivity index (χ0) is 25.4. The van der Waals surface area contributed by atoms with Crippen LogP contribution in [0, 0.1) is 20.8 Å². The van der Waals surface area contributed by atoms with Gasteiger partial charge in [0.15, 0.2) is 5.11 Å². The van der Waals surface area contributed by atoms with Crippen molar-refractivity contribution in [2.75, 3.05) is 11.5 Å². The number of anilines is 1. The Balaban J connectivity index is 1.66. The fraction of sp³-hybridized carbons (Fsp3) is 0.241. The molecular weight excluding hydrogens is 488 g/mol. The van der Waals surface area contributed by atoms with E-state index < -0.39 is 0 Å². The molecule has 0 aliphatic carbocycles. The van der Waals surface area contributed by atoms with E-state index >= 15 is 0 Å². The minimum absolute atomic E-state index is 0.0928. The molecule has 1 N–H and O–H groups in total. The predicted molar refractivity (Wildman–Crippen MR) is 151 cm³/mol. The van der Waals surface area contributed by atoms with Crippen LogP contribution in [0.15, 0.2) is 72.9 Å². The summed E-state index contributed by atoms with van der Waals surface area (Å²) in [5.41, 5.74) is 7.55. The topological polar surface area (TPSA) is 42.3 Å². The standard InChI is InChI=1S/C29H29ClN4OS/c1-5-35-22-14-12-21(13-15-22)34-28(27(32-29(34)36)25-10-6-7-16-31-25)23-17-18(2)33(20(23)4)26-11-8-9-24(30)19(26)3/h6-17,27-28H,5H2,1-4H3,(H,32,36). The number of hydrogen-bond acceptors (Lipinski definition) is 3. The quantitative estimate of drug-likeness (QED) is 0.279. The van der Waals surface area contributed by atoms with E-state index in [9.17, 15) is 0 Å². The molecule has 0 spiro atoms. The van der Waals surface area contributed by atoms with Gasteiger partial charge in [0.05, 0.1) is 24.4 Å². The highest BCUT2D eigenvalue weighted by molar-refractivity contribution is 7.80. The Morgan fingerprint density at radius 3 is 2.50 bits per heavy atom. The van der Waals surface area contributed by atoms with Crippen molar-refractivity contribution >= 4 is 34.6 Å². The fourth-order valence-electron chi connectivity index (χ4n) is 5.11. The number of pyridine rings is 1. The Morgan fingerprint density at radius 1 is 1.03 bits per heavy atom. The third kappa shape index (κ3) is 4.25. The van der Waals surface area contributed by atoms with E-state index in [1.807, 2.05) is 49.5 Å². The van der Waals surface area contributed by atoms with Gasteiger partial charge in [0, 0.05) is 34.0 Å². The Kier molecular flexibility index (Phi) is 6.73. The number of benzene rings is 2. The summed E-state index contributed by atoms with van der Waals surface area (Å²) < 4.78 is 7.95. The molecule has 1 saturated heterocycles. The number of ether oxygens (including phenoxy) is 1. The van der Waals surface area contributed by atoms with Crippen molar-refractivity contribution in [3.63, 3.8) is 0 Å². The Morgan fingerprint density at radius 2 is 1.81 bits per heavy atom. The molecule has 5 nitrogen and oxygen atoms in total. The van der Waals surface area contributed by atoms with Gasteiger partial charge in [-0.15, -0.1) is 0 Å². The molecule has 3 heterocycles. The summed E-state index contributed by atoms with van der Waals surface area (Å²) in [6.45, 7) is 8.97. The maximum atomic E-state index is 6.50. The van der Waals surface area contributed by atoms with E-state index in [0.717, 1.165) is 44.8 Å². The highest BCUT2D eigenvalue weighted by atomic mass is 35.5. The van der Waals surface area contributed by atoms with Gasteiger partial charge in [-0.25, -0.2) is 0 Å². The first-order chi connectivity index (χ1) is 17.4. The van der Waals surface area contributed by atoms with Gasteiger partial charge in [-0.05, 0) is 106 Å². The molecule has 2 aromatic carbocycles. The van der Waals surface area contributed by atoms with Crippen LogP contribution in [-0.4, -0.2) is 21.3 Å². The molecule has 5 rings (SSSR count). The minimum Gasteiger partial charge on any atom is -0.494 e. The molecule has 184 valence electrons. The van der Waals surface area contributed by atoms with Crippen LogP contribution in [0.25, 0.3) is 5.69 Å². The lowest BCUT2D eigenvalue weighted by atomic mass is 9.96. The van der Waals surface area contributed by atoms with Gasteiger partial charge in [-0.1, -0.05) is 23.7 Å². The second-order valence-electron chi connectivity index (χ2n) is 8.97. The van der Waals surface area contributed by atoms with E-state index in [0.29, 0.717) is 11.7 Å². The molecule has 2 unspecified atom stereocenters. The largest absolute Gasteiger partial charge is 0.494 e. The van der Waals surface area contributed by atoms with Gasteiger partial charge >= 0.3 is 0 Å². The minimum atomic E-state index is -0.111. The first kappa shape index (κ1) is 24.3. The molecule has 1 aliphatic heterocycles. The van der Waals surface area contributed by atoms with Gasteiger partial charge in [0.1, 0.15) is 5.75 Å². The maximum absolute atomic E-state index is 6.50. The first-order valence-electron chi connectivity index (χ1n) is 12.1. The van der Waals surface area contributed by atoms with E-state index in [1.54, 1.807) is 0 Å². The number of nitrogens with zero attached hydrogens (tertiary/aromatic N) is 3. The number of hydrogen-bond donors (Lipinski definition) is 1. The summed E-state index contributed by atoms with van der Waals surface area (Å²) in [5, 5.41) is 4.98. The molecular formula is C29H29ClN4OS. The lowest BCUT2D eigenvalue weighted by molar-refractivity contribution is 0.340. The third-order valence-corrected chi connectivity index (χ3v) is 7.52. The molecule has 1 fully saturated rings. The summed E-state index contributed by atoms with van der Waals surface area (Å²) >= 11 is 12.4. The normalized spacial score (nSPS) is 17.4. The van der Waals surface area contributed by atoms with Crippen molar-refractivity contribution in [1.82, 2.24) is 14.9 Å². The highest BCUT2D eigenvalue weighted by Crippen LogP contribution is 2.44. The Labute approximate surface area is 222 Å². The predicted octanol–water partition coefficient (Wildman–Crippen LogP) is 7.03. The summed E-state index contributed by atoms with van der Waals surface area (Å²) in [7, 11) is 0. The van der Waals surface area contributed by atoms with Gasteiger partial charge in [-0.3, -0.25) is 4.98 Å². The highest BCUT2D eigenvalue weighted by Gasteiger charge is 2.42. The fourth-order valence-corrected chi connectivity index (χ4v) is 5.63. The average molecular weight is 517 g/mol. The van der Waals surface area contributed by atoms with Crippen LogP contribution in [0.5, 0.6) is 5.75 Å². The smallest absolute Gasteiger partial charge is 0.174 e. The second-order valence-corrected chi connectivity index (χ2v) is 9.76. The molecule has 0 bridgehead atoms. The summed E-state index contributed by atoms with van der Waals surface area (Å²) in [6, 6.07) is 22.2. The molecule has 0 amide bonds. The lowest BCUT2D eigenvalue weighted by Gasteiger charge is -2.28. The molecule has 2 atom stereocenters. The molecule has 1 aliphatic rings. The first-order valence-corrected chi connectivity index (χ1v) is 12.9. The molecule has 2 aromatic heterocycles. The van der Waals surface area contributed by atoms with Crippen molar-refractivity contribution in [3.05, 3.63) is 106 Å². The van der Waals surface area contributed by atoms with Crippen LogP contribution < -0.4 is 15.0 Å². The Bertz CT molecular complexity index is 1400. The zero-order valence-electron chi connectivity index (χ0n) is 20.8. The molecule has 7 heteroatoms. The van der Waals surface area contributed by atoms with Crippen molar-refractivity contribution < 1.29 is 4.74 Å². The summed E-state index contributed by atoms with van der Waals surface area (Å²) in [6.07, 6.45) is 1.83. The van der Waals surface area contributed by atoms with Gasteiger partial charge in [0.25, 0.3) is 0 Å². The zero-order valence-corrected chi connectivity index (χ0v) is 22.4. The van der Waals surface area contributed by atoms with Crippen LogP contribution in [0.4, 0.5) is 5.69 Å². The molecule has 36 heavy (non-hydrogen) atoms. The molecule has 4 aromatic rings. The van der Waals surface area contributed by atoms with Crippen molar-refractivity contribution in [3.8, 4) is 11.4 Å². The number of aromatic nitrogens is 2. The third-order valence-electron chi connectivity index (χ3n) is 6.79. The summed E-state index contributed by atoms with van der Waals surface area (Å²) in [4.78, 5) is 6.88. The van der Waals surface area contributed by atoms with E-state index in [1.165, 1.54) is 5.56 Å². The number of nitrogens with one attached hydrogen (secondary N) is 1. The van der Waals surface area contributed by atoms with Crippen LogP contribution in [0.2, 0.25) is 5.02 Å². The van der Waals surface area contributed by atoms with E-state index in [-0.39, 0.29) is 12.1 Å². The number of aryl methyl sites for hydroxylation is 1. The second kappa shape index (κ2) is 9.96. The van der Waals surface area contributed by atoms with Gasteiger partial charge in [0.2, 0.25) is 0 Å². The number of rotatable bonds is 6. The van der Waals surface area contributed by atoms with E-state index in [2.05, 4.69) is 70.9 Å². The van der Waals surface area contributed by atoms with Crippen molar-refractivity contribution in [2.45, 2.75) is 39.8 Å².